The van der Waals surface area contributed by atoms with Crippen molar-refractivity contribution in [1.82, 2.24) is 0 Å². The van der Waals surface area contributed by atoms with Gasteiger partial charge in [-0.05, 0) is 11.5 Å². The van der Waals surface area contributed by atoms with Crippen molar-refractivity contribution in [3.8, 4) is 17.2 Å². The molecule has 0 saturated carbocycles. The van der Waals surface area contributed by atoms with Gasteiger partial charge in [0.05, 0.1) is 26.9 Å². The molecule has 0 unspecified atom stereocenters. The minimum absolute atomic E-state index is 0.252. The summed E-state index contributed by atoms with van der Waals surface area (Å²) in [6.45, 7) is 0. The fourth-order valence-electron chi connectivity index (χ4n) is 2.24. The van der Waals surface area contributed by atoms with Gasteiger partial charge in [0.15, 0.2) is 23.3 Å². The van der Waals surface area contributed by atoms with Crippen LogP contribution in [0.3, 0.4) is 0 Å². The van der Waals surface area contributed by atoms with Crippen molar-refractivity contribution >= 4 is 17.8 Å². The Morgan fingerprint density at radius 2 is 1.26 bits per heavy atom. The highest BCUT2D eigenvalue weighted by Crippen LogP contribution is 2.37. The minimum atomic E-state index is -2.19. The van der Waals surface area contributed by atoms with Crippen molar-refractivity contribution in [3.05, 3.63) is 57.8 Å². The van der Waals surface area contributed by atoms with Crippen molar-refractivity contribution in [2.24, 2.45) is 0 Å². The van der Waals surface area contributed by atoms with Crippen LogP contribution in [0.25, 0.3) is 6.08 Å². The lowest BCUT2D eigenvalue weighted by Gasteiger charge is -2.14. The molecule has 27 heavy (non-hydrogen) atoms. The summed E-state index contributed by atoms with van der Waals surface area (Å²) in [5.74, 6) is -8.26. The Bertz CT molecular complexity index is 817. The molecule has 0 aromatic heterocycles. The maximum Gasteiger partial charge on any atom is 0.200 e. The predicted molar refractivity (Wildman–Crippen MR) is 92.7 cm³/mol. The topological polar surface area (TPSA) is 27.7 Å². The quantitative estimate of drug-likeness (QED) is 0.354. The van der Waals surface area contributed by atoms with Gasteiger partial charge >= 0.3 is 0 Å². The summed E-state index contributed by atoms with van der Waals surface area (Å²) in [5, 5.41) is 1.22. The molecule has 0 heterocycles. The predicted octanol–water partition coefficient (Wildman–Crippen LogP) is 5.31. The molecule has 146 valence electrons. The lowest BCUT2D eigenvalue weighted by atomic mass is 10.1. The number of methoxy groups -OCH3 is 3. The average Bonchev–Trinajstić information content (AvgIpc) is 2.69. The van der Waals surface area contributed by atoms with Gasteiger partial charge in [0, 0.05) is 23.4 Å². The summed E-state index contributed by atoms with van der Waals surface area (Å²) < 4.78 is 82.4. The third kappa shape index (κ3) is 4.29. The van der Waals surface area contributed by atoms with Crippen LogP contribution in [0.5, 0.6) is 17.2 Å². The van der Waals surface area contributed by atoms with Gasteiger partial charge in [-0.15, -0.1) is 11.8 Å². The fraction of sp³-hybridized carbons (Fsp3) is 0.222. The second kappa shape index (κ2) is 8.98. The summed E-state index contributed by atoms with van der Waals surface area (Å²) in [6, 6.07) is 3.26. The first kappa shape index (κ1) is 20.9. The van der Waals surface area contributed by atoms with Crippen LogP contribution in [0.4, 0.5) is 22.0 Å². The zero-order chi connectivity index (χ0) is 20.1. The van der Waals surface area contributed by atoms with Gasteiger partial charge in [0.2, 0.25) is 5.82 Å². The number of benzene rings is 2. The number of thioether (sulfide) groups is 1. The Balaban J connectivity index is 2.25. The van der Waals surface area contributed by atoms with Crippen molar-refractivity contribution in [2.75, 3.05) is 21.3 Å². The fourth-order valence-corrected chi connectivity index (χ4v) is 3.02. The average molecular weight is 406 g/mol. The lowest BCUT2D eigenvalue weighted by molar-refractivity contribution is 0.371. The van der Waals surface area contributed by atoms with E-state index in [2.05, 4.69) is 0 Å². The van der Waals surface area contributed by atoms with Crippen molar-refractivity contribution in [3.63, 3.8) is 0 Å². The van der Waals surface area contributed by atoms with E-state index in [1.54, 1.807) is 12.1 Å². The zero-order valence-corrected chi connectivity index (χ0v) is 15.4. The molecule has 0 aliphatic rings. The molecule has 0 fully saturated rings. The Kier molecular flexibility index (Phi) is 6.95. The molecule has 0 N–H and O–H groups in total. The van der Waals surface area contributed by atoms with Crippen LogP contribution in [-0.2, 0) is 5.75 Å². The maximum atomic E-state index is 13.6. The van der Waals surface area contributed by atoms with E-state index in [0.717, 1.165) is 17.8 Å². The highest BCUT2D eigenvalue weighted by molar-refractivity contribution is 8.01. The minimum Gasteiger partial charge on any atom is -0.496 e. The molecule has 0 aliphatic heterocycles. The lowest BCUT2D eigenvalue weighted by Crippen LogP contribution is -2.03. The highest BCUT2D eigenvalue weighted by atomic mass is 32.2. The highest BCUT2D eigenvalue weighted by Gasteiger charge is 2.24. The largest absolute Gasteiger partial charge is 0.496 e. The third-order valence-corrected chi connectivity index (χ3v) is 4.40. The normalized spacial score (nSPS) is 11.1. The second-order valence-electron chi connectivity index (χ2n) is 5.11. The van der Waals surface area contributed by atoms with Crippen LogP contribution >= 0.6 is 11.8 Å². The van der Waals surface area contributed by atoms with Gasteiger partial charge in [-0.25, -0.2) is 22.0 Å². The molecule has 2 aromatic rings. The molecule has 0 saturated heterocycles. The summed E-state index contributed by atoms with van der Waals surface area (Å²) in [4.78, 5) is 0. The zero-order valence-electron chi connectivity index (χ0n) is 14.5. The number of rotatable bonds is 7. The van der Waals surface area contributed by atoms with E-state index in [1.165, 1.54) is 26.7 Å². The number of hydrogen-bond acceptors (Lipinski definition) is 4. The van der Waals surface area contributed by atoms with Crippen LogP contribution in [0, 0.1) is 29.1 Å². The van der Waals surface area contributed by atoms with Gasteiger partial charge in [-0.2, -0.15) is 0 Å². The van der Waals surface area contributed by atoms with E-state index in [9.17, 15) is 22.0 Å². The number of halogens is 5. The SMILES string of the molecule is COc1cc(OC)c(CS/C=C\c2c(F)c(F)c(F)c(F)c2F)c(OC)c1. The first-order valence-corrected chi connectivity index (χ1v) is 8.49. The molecule has 0 aliphatic carbocycles. The van der Waals surface area contributed by atoms with Crippen LogP contribution in [0.15, 0.2) is 17.5 Å². The van der Waals surface area contributed by atoms with E-state index in [0.29, 0.717) is 22.8 Å². The molecular formula is C18H15F5O3S. The van der Waals surface area contributed by atoms with Crippen molar-refractivity contribution in [1.29, 1.82) is 0 Å². The summed E-state index contributed by atoms with van der Waals surface area (Å²) in [5.41, 5.74) is -0.375. The molecule has 0 spiro atoms. The molecule has 2 rings (SSSR count). The van der Waals surface area contributed by atoms with Crippen LogP contribution in [0.2, 0.25) is 0 Å². The maximum absolute atomic E-state index is 13.6. The molecule has 0 atom stereocenters. The van der Waals surface area contributed by atoms with E-state index in [4.69, 9.17) is 14.2 Å². The third-order valence-electron chi connectivity index (χ3n) is 3.62. The first-order chi connectivity index (χ1) is 12.8. The summed E-state index contributed by atoms with van der Waals surface area (Å²) in [7, 11) is 4.38. The van der Waals surface area contributed by atoms with Gasteiger partial charge in [-0.1, -0.05) is 0 Å². The molecule has 9 heteroatoms. The monoisotopic (exact) mass is 406 g/mol. The van der Waals surface area contributed by atoms with Gasteiger partial charge in [-0.3, -0.25) is 0 Å². The summed E-state index contributed by atoms with van der Waals surface area (Å²) >= 11 is 1.05. The van der Waals surface area contributed by atoms with Gasteiger partial charge in [0.1, 0.15) is 17.2 Å². The van der Waals surface area contributed by atoms with E-state index < -0.39 is 34.6 Å². The Labute approximate surface area is 156 Å². The second-order valence-corrected chi connectivity index (χ2v) is 6.00. The molecule has 3 nitrogen and oxygen atoms in total. The molecular weight excluding hydrogens is 391 g/mol. The van der Waals surface area contributed by atoms with Gasteiger partial charge < -0.3 is 14.2 Å². The Hall–Kier alpha value is -2.42. The standard InChI is InChI=1S/C18H15F5O3S/c1-24-9-6-12(25-2)11(13(7-9)26-3)8-27-5-4-10-14(19)16(21)18(23)17(22)15(10)20/h4-7H,8H2,1-3H3/b5-4-. The summed E-state index contributed by atoms with van der Waals surface area (Å²) in [6.07, 6.45) is 0.823. The van der Waals surface area contributed by atoms with E-state index >= 15 is 0 Å². The van der Waals surface area contributed by atoms with Crippen molar-refractivity contribution < 1.29 is 36.2 Å². The van der Waals surface area contributed by atoms with E-state index in [-0.39, 0.29) is 5.75 Å². The van der Waals surface area contributed by atoms with Crippen molar-refractivity contribution in [2.45, 2.75) is 5.75 Å². The van der Waals surface area contributed by atoms with E-state index in [1.807, 2.05) is 0 Å². The smallest absolute Gasteiger partial charge is 0.200 e. The number of hydrogen-bond donors (Lipinski definition) is 0. The van der Waals surface area contributed by atoms with Gasteiger partial charge in [0.25, 0.3) is 0 Å². The Morgan fingerprint density at radius 3 is 1.70 bits per heavy atom. The molecule has 0 amide bonds. The van der Waals surface area contributed by atoms with Crippen LogP contribution < -0.4 is 14.2 Å². The van der Waals surface area contributed by atoms with Crippen LogP contribution in [-0.4, -0.2) is 21.3 Å². The first-order valence-electron chi connectivity index (χ1n) is 7.44. The molecule has 2 aromatic carbocycles. The Morgan fingerprint density at radius 1 is 0.778 bits per heavy atom. The van der Waals surface area contributed by atoms with Crippen LogP contribution in [0.1, 0.15) is 11.1 Å². The molecule has 0 radical (unpaired) electrons. The molecule has 0 bridgehead atoms. The number of ether oxygens (including phenoxy) is 3.